The van der Waals surface area contributed by atoms with Crippen LogP contribution in [0, 0.1) is 23.6 Å². The first-order valence-electron chi connectivity index (χ1n) is 6.60. The van der Waals surface area contributed by atoms with E-state index in [4.69, 9.17) is 5.11 Å². The maximum atomic E-state index is 13.9. The second-order valence-electron chi connectivity index (χ2n) is 5.06. The largest absolute Gasteiger partial charge is 0.384 e. The molecule has 0 aromatic heterocycles. The van der Waals surface area contributed by atoms with E-state index < -0.39 is 5.82 Å². The zero-order valence-electron chi connectivity index (χ0n) is 12.1. The van der Waals surface area contributed by atoms with Crippen molar-refractivity contribution >= 4 is 5.91 Å². The summed E-state index contributed by atoms with van der Waals surface area (Å²) in [5.41, 5.74) is 0.490. The molecule has 1 rings (SSSR count). The number of aliphatic hydroxyl groups is 1. The normalized spacial score (nSPS) is 10.1. The van der Waals surface area contributed by atoms with Crippen LogP contribution in [-0.2, 0) is 0 Å². The number of benzene rings is 1. The van der Waals surface area contributed by atoms with Crippen LogP contribution in [0.2, 0.25) is 0 Å². The lowest BCUT2D eigenvalue weighted by atomic mass is 10.1. The van der Waals surface area contributed by atoms with E-state index in [0.29, 0.717) is 18.0 Å². The van der Waals surface area contributed by atoms with Crippen LogP contribution in [0.3, 0.4) is 0 Å². The predicted octanol–water partition coefficient (Wildman–Crippen LogP) is 2.29. The van der Waals surface area contributed by atoms with Crippen molar-refractivity contribution in [3.63, 3.8) is 0 Å². The van der Waals surface area contributed by atoms with Gasteiger partial charge in [0, 0.05) is 19.2 Å². The molecule has 0 aliphatic rings. The van der Waals surface area contributed by atoms with E-state index in [1.165, 1.54) is 17.0 Å². The van der Waals surface area contributed by atoms with Gasteiger partial charge in [0.05, 0.1) is 5.56 Å². The van der Waals surface area contributed by atoms with Crippen molar-refractivity contribution in [3.8, 4) is 11.8 Å². The van der Waals surface area contributed by atoms with Gasteiger partial charge in [0.1, 0.15) is 12.4 Å². The summed E-state index contributed by atoms with van der Waals surface area (Å²) in [5, 5.41) is 8.59. The Morgan fingerprint density at radius 2 is 2.15 bits per heavy atom. The van der Waals surface area contributed by atoms with Crippen LogP contribution >= 0.6 is 0 Å². The molecule has 3 nitrogen and oxygen atoms in total. The Morgan fingerprint density at radius 3 is 2.70 bits per heavy atom. The van der Waals surface area contributed by atoms with Gasteiger partial charge in [0.15, 0.2) is 0 Å². The summed E-state index contributed by atoms with van der Waals surface area (Å²) < 4.78 is 13.9. The molecule has 0 radical (unpaired) electrons. The quantitative estimate of drug-likeness (QED) is 0.858. The van der Waals surface area contributed by atoms with E-state index >= 15 is 0 Å². The molecule has 20 heavy (non-hydrogen) atoms. The van der Waals surface area contributed by atoms with Gasteiger partial charge in [0.25, 0.3) is 5.91 Å². The molecule has 0 unspecified atom stereocenters. The van der Waals surface area contributed by atoms with Gasteiger partial charge in [0.2, 0.25) is 0 Å². The van der Waals surface area contributed by atoms with Crippen molar-refractivity contribution in [2.45, 2.75) is 20.3 Å². The van der Waals surface area contributed by atoms with Gasteiger partial charge in [-0.1, -0.05) is 25.7 Å². The average Bonchev–Trinajstić information content (AvgIpc) is 2.41. The Bertz CT molecular complexity index is 529. The molecule has 0 spiro atoms. The molecule has 0 saturated heterocycles. The lowest BCUT2D eigenvalue weighted by molar-refractivity contribution is 0.0784. The van der Waals surface area contributed by atoms with Gasteiger partial charge >= 0.3 is 0 Å². The summed E-state index contributed by atoms with van der Waals surface area (Å²) in [4.78, 5) is 13.6. The van der Waals surface area contributed by atoms with Gasteiger partial charge in [-0.25, -0.2) is 4.39 Å². The topological polar surface area (TPSA) is 40.5 Å². The highest BCUT2D eigenvalue weighted by Crippen LogP contribution is 2.13. The number of halogens is 1. The molecule has 0 bridgehead atoms. The van der Waals surface area contributed by atoms with Crippen molar-refractivity contribution in [3.05, 3.63) is 35.1 Å². The summed E-state index contributed by atoms with van der Waals surface area (Å²) in [7, 11) is 1.67. The standard InChI is InChI=1S/C16H20FNO2/c1-12(2)8-9-18(3)16(20)14-7-6-13(5-4-10-19)11-15(14)17/h6-7,11-12,19H,8-10H2,1-3H3. The molecule has 0 atom stereocenters. The van der Waals surface area contributed by atoms with Crippen molar-refractivity contribution < 1.29 is 14.3 Å². The minimum atomic E-state index is -0.587. The fraction of sp³-hybridized carbons (Fsp3) is 0.438. The van der Waals surface area contributed by atoms with Gasteiger partial charge in [-0.3, -0.25) is 4.79 Å². The molecule has 108 valence electrons. The molecule has 0 aliphatic carbocycles. The Morgan fingerprint density at radius 1 is 1.45 bits per heavy atom. The number of hydrogen-bond acceptors (Lipinski definition) is 2. The van der Waals surface area contributed by atoms with Crippen molar-refractivity contribution in [2.75, 3.05) is 20.2 Å². The SMILES string of the molecule is CC(C)CCN(C)C(=O)c1ccc(C#CCO)cc1F. The number of hydrogen-bond donors (Lipinski definition) is 1. The zero-order valence-corrected chi connectivity index (χ0v) is 12.1. The Hall–Kier alpha value is -1.86. The number of amides is 1. The number of nitrogens with zero attached hydrogens (tertiary/aromatic N) is 1. The first-order valence-corrected chi connectivity index (χ1v) is 6.60. The summed E-state index contributed by atoms with van der Waals surface area (Å²) in [6.45, 7) is 4.48. The second-order valence-corrected chi connectivity index (χ2v) is 5.06. The average molecular weight is 277 g/mol. The zero-order chi connectivity index (χ0) is 15.1. The molecular weight excluding hydrogens is 257 g/mol. The van der Waals surface area contributed by atoms with Crippen LogP contribution in [-0.4, -0.2) is 36.1 Å². The second kappa shape index (κ2) is 7.66. The highest BCUT2D eigenvalue weighted by atomic mass is 19.1. The summed E-state index contributed by atoms with van der Waals surface area (Å²) >= 11 is 0. The van der Waals surface area contributed by atoms with Crippen molar-refractivity contribution in [2.24, 2.45) is 5.92 Å². The van der Waals surface area contributed by atoms with E-state index in [-0.39, 0.29) is 18.1 Å². The molecule has 4 heteroatoms. The molecule has 1 aromatic carbocycles. The summed E-state index contributed by atoms with van der Waals surface area (Å²) in [6, 6.07) is 4.23. The van der Waals surface area contributed by atoms with E-state index in [1.54, 1.807) is 13.1 Å². The molecule has 0 heterocycles. The molecule has 0 fully saturated rings. The highest BCUT2D eigenvalue weighted by Gasteiger charge is 2.16. The maximum Gasteiger partial charge on any atom is 0.256 e. The van der Waals surface area contributed by atoms with Gasteiger partial charge in [-0.15, -0.1) is 0 Å². The molecular formula is C16H20FNO2. The number of carbonyl (C=O) groups excluding carboxylic acids is 1. The van der Waals surface area contributed by atoms with Crippen LogP contribution in [0.15, 0.2) is 18.2 Å². The maximum absolute atomic E-state index is 13.9. The highest BCUT2D eigenvalue weighted by molar-refractivity contribution is 5.94. The van der Waals surface area contributed by atoms with E-state index in [1.807, 2.05) is 0 Å². The monoisotopic (exact) mass is 277 g/mol. The van der Waals surface area contributed by atoms with Crippen LogP contribution in [0.25, 0.3) is 0 Å². The Kier molecular flexibility index (Phi) is 6.20. The fourth-order valence-electron chi connectivity index (χ4n) is 1.67. The van der Waals surface area contributed by atoms with Crippen LogP contribution in [0.5, 0.6) is 0 Å². The molecule has 0 aliphatic heterocycles. The van der Waals surface area contributed by atoms with E-state index in [0.717, 1.165) is 6.42 Å². The third-order valence-corrected chi connectivity index (χ3v) is 2.90. The third-order valence-electron chi connectivity index (χ3n) is 2.90. The Balaban J connectivity index is 2.83. The summed E-state index contributed by atoms with van der Waals surface area (Å²) in [6.07, 6.45) is 0.879. The molecule has 1 N–H and O–H groups in total. The van der Waals surface area contributed by atoms with Crippen molar-refractivity contribution in [1.82, 2.24) is 4.90 Å². The molecule has 0 saturated carbocycles. The minimum absolute atomic E-state index is 0.0470. The number of rotatable bonds is 4. The molecule has 1 amide bonds. The van der Waals surface area contributed by atoms with Crippen LogP contribution in [0.1, 0.15) is 36.2 Å². The predicted molar refractivity (Wildman–Crippen MR) is 76.8 cm³/mol. The molecule has 1 aromatic rings. The smallest absolute Gasteiger partial charge is 0.256 e. The van der Waals surface area contributed by atoms with Crippen molar-refractivity contribution in [1.29, 1.82) is 0 Å². The van der Waals surface area contributed by atoms with E-state index in [2.05, 4.69) is 25.7 Å². The lowest BCUT2D eigenvalue weighted by Crippen LogP contribution is -2.29. The van der Waals surface area contributed by atoms with E-state index in [9.17, 15) is 9.18 Å². The fourth-order valence-corrected chi connectivity index (χ4v) is 1.67. The van der Waals surface area contributed by atoms with Crippen LogP contribution < -0.4 is 0 Å². The first-order chi connectivity index (χ1) is 9.45. The third kappa shape index (κ3) is 4.67. The number of carbonyl (C=O) groups is 1. The minimum Gasteiger partial charge on any atom is -0.384 e. The van der Waals surface area contributed by atoms with Crippen LogP contribution in [0.4, 0.5) is 4.39 Å². The first kappa shape index (κ1) is 16.2. The summed E-state index contributed by atoms with van der Waals surface area (Å²) in [5.74, 6) is 4.62. The lowest BCUT2D eigenvalue weighted by Gasteiger charge is -2.18. The van der Waals surface area contributed by atoms with Gasteiger partial charge in [-0.2, -0.15) is 0 Å². The Labute approximate surface area is 119 Å². The number of aliphatic hydroxyl groups excluding tert-OH is 1. The van der Waals surface area contributed by atoms with Gasteiger partial charge in [-0.05, 0) is 30.5 Å². The van der Waals surface area contributed by atoms with Gasteiger partial charge < -0.3 is 10.0 Å².